The molecular formula is C16H20FNO5. The van der Waals surface area contributed by atoms with Crippen molar-refractivity contribution in [2.45, 2.75) is 38.6 Å². The lowest BCUT2D eigenvalue weighted by Gasteiger charge is -2.36. The van der Waals surface area contributed by atoms with Crippen molar-refractivity contribution in [1.82, 2.24) is 4.90 Å². The highest BCUT2D eigenvalue weighted by Gasteiger charge is 2.35. The van der Waals surface area contributed by atoms with Crippen molar-refractivity contribution in [3.05, 3.63) is 30.1 Å². The molecule has 0 spiro atoms. The van der Waals surface area contributed by atoms with Gasteiger partial charge in [0.2, 0.25) is 0 Å². The second-order valence-electron chi connectivity index (χ2n) is 5.46. The van der Waals surface area contributed by atoms with Crippen LogP contribution in [0.2, 0.25) is 0 Å². The summed E-state index contributed by atoms with van der Waals surface area (Å²) in [7, 11) is 0. The Morgan fingerprint density at radius 2 is 2.13 bits per heavy atom. The summed E-state index contributed by atoms with van der Waals surface area (Å²) in [5.41, 5.74) is 0. The number of nitrogens with zero attached hydrogens (tertiary/aromatic N) is 1. The van der Waals surface area contributed by atoms with Crippen LogP contribution >= 0.6 is 0 Å². The van der Waals surface area contributed by atoms with E-state index in [-0.39, 0.29) is 30.9 Å². The first-order valence-electron chi connectivity index (χ1n) is 7.50. The maximum Gasteiger partial charge on any atom is 0.334 e. The molecule has 1 amide bonds. The fourth-order valence-corrected chi connectivity index (χ4v) is 2.47. The first-order valence-corrected chi connectivity index (χ1v) is 7.50. The fourth-order valence-electron chi connectivity index (χ4n) is 2.47. The van der Waals surface area contributed by atoms with Gasteiger partial charge in [-0.25, -0.2) is 9.18 Å². The molecule has 0 aromatic heterocycles. The van der Waals surface area contributed by atoms with Gasteiger partial charge in [-0.1, -0.05) is 19.1 Å². The molecule has 2 unspecified atom stereocenters. The monoisotopic (exact) mass is 325 g/mol. The number of carbonyl (C=O) groups is 2. The minimum atomic E-state index is -1.11. The summed E-state index contributed by atoms with van der Waals surface area (Å²) in [4.78, 5) is 25.1. The molecule has 7 heteroatoms. The van der Waals surface area contributed by atoms with E-state index in [4.69, 9.17) is 14.6 Å². The number of hydrogen-bond donors (Lipinski definition) is 1. The Kier molecular flexibility index (Phi) is 5.54. The molecule has 1 fully saturated rings. The minimum Gasteiger partial charge on any atom is -0.479 e. The molecule has 0 saturated carbocycles. The second kappa shape index (κ2) is 7.41. The summed E-state index contributed by atoms with van der Waals surface area (Å²) in [6.07, 6.45) is -1.98. The maximum atomic E-state index is 13.7. The number of benzene rings is 1. The summed E-state index contributed by atoms with van der Waals surface area (Å²) < 4.78 is 24.4. The molecule has 1 heterocycles. The van der Waals surface area contributed by atoms with Gasteiger partial charge in [-0.2, -0.15) is 0 Å². The second-order valence-corrected chi connectivity index (χ2v) is 5.46. The van der Waals surface area contributed by atoms with Gasteiger partial charge >= 0.3 is 5.97 Å². The molecule has 6 nitrogen and oxygen atoms in total. The van der Waals surface area contributed by atoms with Crippen molar-refractivity contribution in [3.63, 3.8) is 0 Å². The van der Waals surface area contributed by atoms with Gasteiger partial charge < -0.3 is 19.5 Å². The van der Waals surface area contributed by atoms with Crippen molar-refractivity contribution in [2.24, 2.45) is 0 Å². The Morgan fingerprint density at radius 1 is 1.43 bits per heavy atom. The maximum absolute atomic E-state index is 13.7. The van der Waals surface area contributed by atoms with Gasteiger partial charge in [-0.3, -0.25) is 4.79 Å². The molecular weight excluding hydrogens is 305 g/mol. The van der Waals surface area contributed by atoms with Crippen LogP contribution in [0.3, 0.4) is 0 Å². The van der Waals surface area contributed by atoms with E-state index >= 15 is 0 Å². The average molecular weight is 325 g/mol. The van der Waals surface area contributed by atoms with E-state index in [9.17, 15) is 14.0 Å². The molecule has 1 aliphatic heterocycles. The number of carboxylic acids is 1. The van der Waals surface area contributed by atoms with Crippen LogP contribution in [0.4, 0.5) is 4.39 Å². The Balaban J connectivity index is 2.10. The molecule has 1 aliphatic rings. The molecule has 1 saturated heterocycles. The van der Waals surface area contributed by atoms with E-state index in [2.05, 4.69) is 0 Å². The normalized spacial score (nSPS) is 22.5. The van der Waals surface area contributed by atoms with E-state index in [1.54, 1.807) is 19.9 Å². The highest BCUT2D eigenvalue weighted by atomic mass is 19.1. The van der Waals surface area contributed by atoms with Crippen molar-refractivity contribution >= 4 is 11.9 Å². The number of morpholine rings is 1. The van der Waals surface area contributed by atoms with Crippen LogP contribution in [0.25, 0.3) is 0 Å². The van der Waals surface area contributed by atoms with E-state index in [0.29, 0.717) is 6.42 Å². The third-order valence-corrected chi connectivity index (χ3v) is 3.60. The third-order valence-electron chi connectivity index (χ3n) is 3.60. The van der Waals surface area contributed by atoms with Crippen molar-refractivity contribution in [3.8, 4) is 5.75 Å². The summed E-state index contributed by atoms with van der Waals surface area (Å²) in [6.45, 7) is 3.69. The van der Waals surface area contributed by atoms with Crippen LogP contribution in [-0.4, -0.2) is 53.3 Å². The number of ether oxygens (including phenoxy) is 2. The van der Waals surface area contributed by atoms with Gasteiger partial charge in [0, 0.05) is 6.54 Å². The molecule has 0 aliphatic carbocycles. The smallest absolute Gasteiger partial charge is 0.334 e. The first-order chi connectivity index (χ1) is 10.9. The molecule has 0 bridgehead atoms. The van der Waals surface area contributed by atoms with Crippen LogP contribution in [0.15, 0.2) is 24.3 Å². The first kappa shape index (κ1) is 17.2. The molecule has 1 aromatic carbocycles. The van der Waals surface area contributed by atoms with Gasteiger partial charge in [-0.15, -0.1) is 0 Å². The molecule has 2 rings (SSSR count). The predicted molar refractivity (Wildman–Crippen MR) is 79.7 cm³/mol. The lowest BCUT2D eigenvalue weighted by molar-refractivity contribution is -0.168. The lowest BCUT2D eigenvalue weighted by Crippen LogP contribution is -2.54. The van der Waals surface area contributed by atoms with Gasteiger partial charge in [0.05, 0.1) is 12.6 Å². The fraction of sp³-hybridized carbons (Fsp3) is 0.500. The summed E-state index contributed by atoms with van der Waals surface area (Å²) >= 11 is 0. The highest BCUT2D eigenvalue weighted by molar-refractivity contribution is 5.82. The highest BCUT2D eigenvalue weighted by Crippen LogP contribution is 2.20. The molecule has 1 aromatic rings. The van der Waals surface area contributed by atoms with E-state index in [1.165, 1.54) is 23.1 Å². The zero-order valence-electron chi connectivity index (χ0n) is 13.1. The number of aliphatic carboxylic acids is 1. The van der Waals surface area contributed by atoms with Gasteiger partial charge in [-0.05, 0) is 25.5 Å². The van der Waals surface area contributed by atoms with Gasteiger partial charge in [0.25, 0.3) is 5.91 Å². The molecule has 23 heavy (non-hydrogen) atoms. The third kappa shape index (κ3) is 4.19. The predicted octanol–water partition coefficient (Wildman–Crippen LogP) is 1.68. The number of carbonyl (C=O) groups excluding carboxylic acids is 1. The summed E-state index contributed by atoms with van der Waals surface area (Å²) in [5.74, 6) is -2.02. The number of carboxylic acid groups (broad SMARTS) is 1. The topological polar surface area (TPSA) is 76.1 Å². The van der Waals surface area contributed by atoms with Crippen LogP contribution in [0.5, 0.6) is 5.75 Å². The zero-order chi connectivity index (χ0) is 17.0. The number of rotatable bonds is 5. The van der Waals surface area contributed by atoms with Crippen molar-refractivity contribution < 1.29 is 28.6 Å². The van der Waals surface area contributed by atoms with Crippen molar-refractivity contribution in [1.29, 1.82) is 0 Å². The van der Waals surface area contributed by atoms with Crippen LogP contribution in [0.1, 0.15) is 20.3 Å². The van der Waals surface area contributed by atoms with Crippen LogP contribution in [-0.2, 0) is 14.3 Å². The quantitative estimate of drug-likeness (QED) is 0.891. The largest absolute Gasteiger partial charge is 0.479 e. The Morgan fingerprint density at radius 3 is 2.74 bits per heavy atom. The SMILES string of the molecule is CCC(Oc1ccccc1F)C(=O)N1CC(C(=O)O)O[C@H](C)C1. The lowest BCUT2D eigenvalue weighted by atomic mass is 10.1. The number of hydrogen-bond acceptors (Lipinski definition) is 4. The minimum absolute atomic E-state index is 0.00351. The number of para-hydroxylation sites is 1. The van der Waals surface area contributed by atoms with Gasteiger partial charge in [0.15, 0.2) is 23.8 Å². The van der Waals surface area contributed by atoms with E-state index in [1.807, 2.05) is 0 Å². The number of halogens is 1. The molecule has 0 radical (unpaired) electrons. The van der Waals surface area contributed by atoms with Crippen LogP contribution < -0.4 is 4.74 Å². The molecule has 126 valence electrons. The Hall–Kier alpha value is -2.15. The van der Waals surface area contributed by atoms with E-state index in [0.717, 1.165) is 0 Å². The molecule has 3 atom stereocenters. The standard InChI is InChI=1S/C16H20FNO5/c1-3-12(23-13-7-5-4-6-11(13)17)15(19)18-8-10(2)22-14(9-18)16(20)21/h4-7,10,12,14H,3,8-9H2,1-2H3,(H,20,21)/t10-,12?,14?/m1/s1. The number of amides is 1. The van der Waals surface area contributed by atoms with Crippen LogP contribution in [0, 0.1) is 5.82 Å². The zero-order valence-corrected chi connectivity index (χ0v) is 13.1. The van der Waals surface area contributed by atoms with E-state index < -0.39 is 24.0 Å². The molecule has 1 N–H and O–H groups in total. The Bertz CT molecular complexity index is 579. The Labute approximate surface area is 133 Å². The van der Waals surface area contributed by atoms with Gasteiger partial charge in [0.1, 0.15) is 0 Å². The average Bonchev–Trinajstić information content (AvgIpc) is 2.53. The summed E-state index contributed by atoms with van der Waals surface area (Å²) in [6, 6.07) is 5.86. The van der Waals surface area contributed by atoms with Crippen molar-refractivity contribution in [2.75, 3.05) is 13.1 Å². The summed E-state index contributed by atoms with van der Waals surface area (Å²) in [5, 5.41) is 9.08.